The number of carbonyl (C=O) groups is 2. The average molecular weight is 332 g/mol. The lowest BCUT2D eigenvalue weighted by atomic mass is 9.87. The molecule has 132 valence electrons. The molecule has 0 saturated carbocycles. The molecule has 1 aromatic carbocycles. The first-order valence-electron chi connectivity index (χ1n) is 8.69. The molecular formula is C19H28N2O3. The summed E-state index contributed by atoms with van der Waals surface area (Å²) in [7, 11) is 0. The van der Waals surface area contributed by atoms with Gasteiger partial charge in [-0.3, -0.25) is 9.59 Å². The first kappa shape index (κ1) is 18.5. The van der Waals surface area contributed by atoms with Crippen molar-refractivity contribution in [3.63, 3.8) is 0 Å². The number of aliphatic hydroxyl groups excluding tert-OH is 1. The standard InChI is InChI=1S/C19H28N2O3/c1-13(2)17(20-14(3)22)19(24)21-11-9-16(10-12-21)18(23)15-7-5-4-6-8-15/h4-8,13,16-18,23H,9-12H2,1-3H3,(H,20,22)/t17-,18-/m0/s1. The SMILES string of the molecule is CC(=O)N[C@H](C(=O)N1CCC([C@@H](O)c2ccccc2)CC1)C(C)C. The Morgan fingerprint density at radius 3 is 2.25 bits per heavy atom. The molecule has 1 heterocycles. The number of hydrogen-bond acceptors (Lipinski definition) is 3. The largest absolute Gasteiger partial charge is 0.388 e. The Morgan fingerprint density at radius 2 is 1.75 bits per heavy atom. The summed E-state index contributed by atoms with van der Waals surface area (Å²) in [6.07, 6.45) is 1.05. The van der Waals surface area contributed by atoms with Crippen molar-refractivity contribution in [1.29, 1.82) is 0 Å². The van der Waals surface area contributed by atoms with E-state index in [-0.39, 0.29) is 23.7 Å². The maximum absolute atomic E-state index is 12.7. The summed E-state index contributed by atoms with van der Waals surface area (Å²) in [6, 6.07) is 9.20. The summed E-state index contributed by atoms with van der Waals surface area (Å²) in [5.74, 6) is 0.00744. The number of rotatable bonds is 5. The topological polar surface area (TPSA) is 69.6 Å². The molecule has 0 aromatic heterocycles. The van der Waals surface area contributed by atoms with E-state index >= 15 is 0 Å². The first-order valence-corrected chi connectivity index (χ1v) is 8.69. The van der Waals surface area contributed by atoms with Crippen molar-refractivity contribution in [3.05, 3.63) is 35.9 Å². The predicted octanol–water partition coefficient (Wildman–Crippen LogP) is 2.12. The van der Waals surface area contributed by atoms with E-state index < -0.39 is 12.1 Å². The van der Waals surface area contributed by atoms with Crippen molar-refractivity contribution in [2.45, 2.75) is 45.8 Å². The fourth-order valence-electron chi connectivity index (χ4n) is 3.29. The lowest BCUT2D eigenvalue weighted by Crippen LogP contribution is -2.52. The summed E-state index contributed by atoms with van der Waals surface area (Å²) in [5, 5.41) is 13.3. The lowest BCUT2D eigenvalue weighted by Gasteiger charge is -2.37. The third kappa shape index (κ3) is 4.57. The molecule has 5 heteroatoms. The Balaban J connectivity index is 1.94. The average Bonchev–Trinajstić information content (AvgIpc) is 2.59. The van der Waals surface area contributed by atoms with Crippen LogP contribution in [0.2, 0.25) is 0 Å². The minimum atomic E-state index is -0.486. The van der Waals surface area contributed by atoms with Crippen molar-refractivity contribution in [1.82, 2.24) is 10.2 Å². The minimum Gasteiger partial charge on any atom is -0.388 e. The van der Waals surface area contributed by atoms with Crippen LogP contribution in [0.5, 0.6) is 0 Å². The Labute approximate surface area is 144 Å². The molecule has 24 heavy (non-hydrogen) atoms. The van der Waals surface area contributed by atoms with Gasteiger partial charge in [0.25, 0.3) is 0 Å². The third-order valence-corrected chi connectivity index (χ3v) is 4.73. The second-order valence-electron chi connectivity index (χ2n) is 6.94. The van der Waals surface area contributed by atoms with Crippen LogP contribution >= 0.6 is 0 Å². The fraction of sp³-hybridized carbons (Fsp3) is 0.579. The molecule has 0 bridgehead atoms. The Kier molecular flexibility index (Phi) is 6.37. The van der Waals surface area contributed by atoms with Crippen LogP contribution in [0.15, 0.2) is 30.3 Å². The Bertz CT molecular complexity index is 551. The van der Waals surface area contributed by atoms with Crippen LogP contribution in [0.1, 0.15) is 45.3 Å². The normalized spacial score (nSPS) is 18.3. The number of aliphatic hydroxyl groups is 1. The molecule has 2 atom stereocenters. The van der Waals surface area contributed by atoms with Crippen LogP contribution in [0.4, 0.5) is 0 Å². The predicted molar refractivity (Wildman–Crippen MR) is 93.1 cm³/mol. The number of amides is 2. The van der Waals surface area contributed by atoms with E-state index in [4.69, 9.17) is 0 Å². The second-order valence-corrected chi connectivity index (χ2v) is 6.94. The molecule has 2 N–H and O–H groups in total. The number of piperidine rings is 1. The summed E-state index contributed by atoms with van der Waals surface area (Å²) < 4.78 is 0. The highest BCUT2D eigenvalue weighted by Crippen LogP contribution is 2.30. The fourth-order valence-corrected chi connectivity index (χ4v) is 3.29. The van der Waals surface area contributed by atoms with Crippen LogP contribution in [-0.4, -0.2) is 41.0 Å². The van der Waals surface area contributed by atoms with Gasteiger partial charge in [0.05, 0.1) is 6.10 Å². The van der Waals surface area contributed by atoms with Crippen LogP contribution in [0.25, 0.3) is 0 Å². The van der Waals surface area contributed by atoms with Gasteiger partial charge in [-0.2, -0.15) is 0 Å². The molecule has 1 fully saturated rings. The molecule has 1 aliphatic rings. The molecule has 0 spiro atoms. The number of carbonyl (C=O) groups excluding carboxylic acids is 2. The molecular weight excluding hydrogens is 304 g/mol. The van der Waals surface area contributed by atoms with E-state index in [2.05, 4.69) is 5.32 Å². The first-order chi connectivity index (χ1) is 11.4. The Hall–Kier alpha value is -1.88. The number of nitrogens with one attached hydrogen (secondary N) is 1. The van der Waals surface area contributed by atoms with Crippen molar-refractivity contribution in [2.24, 2.45) is 11.8 Å². The van der Waals surface area contributed by atoms with Crippen molar-refractivity contribution in [2.75, 3.05) is 13.1 Å². The maximum Gasteiger partial charge on any atom is 0.245 e. The summed E-state index contributed by atoms with van der Waals surface area (Å²) in [6.45, 7) is 6.55. The zero-order chi connectivity index (χ0) is 17.7. The highest BCUT2D eigenvalue weighted by atomic mass is 16.3. The zero-order valence-electron chi connectivity index (χ0n) is 14.7. The molecule has 0 unspecified atom stereocenters. The van der Waals surface area contributed by atoms with Gasteiger partial charge in [0.1, 0.15) is 6.04 Å². The van der Waals surface area contributed by atoms with Gasteiger partial charge in [-0.25, -0.2) is 0 Å². The van der Waals surface area contributed by atoms with Gasteiger partial charge in [-0.1, -0.05) is 44.2 Å². The van der Waals surface area contributed by atoms with Gasteiger partial charge in [0, 0.05) is 20.0 Å². The minimum absolute atomic E-state index is 0.0205. The molecule has 0 aliphatic carbocycles. The molecule has 1 saturated heterocycles. The van der Waals surface area contributed by atoms with E-state index in [0.29, 0.717) is 13.1 Å². The van der Waals surface area contributed by atoms with E-state index in [9.17, 15) is 14.7 Å². The zero-order valence-corrected chi connectivity index (χ0v) is 14.7. The third-order valence-electron chi connectivity index (χ3n) is 4.73. The summed E-state index contributed by atoms with van der Waals surface area (Å²) in [5.41, 5.74) is 0.931. The number of nitrogens with zero attached hydrogens (tertiary/aromatic N) is 1. The number of hydrogen-bond donors (Lipinski definition) is 2. The summed E-state index contributed by atoms with van der Waals surface area (Å²) >= 11 is 0. The molecule has 5 nitrogen and oxygen atoms in total. The second kappa shape index (κ2) is 8.29. The van der Waals surface area contributed by atoms with E-state index in [1.54, 1.807) is 0 Å². The van der Waals surface area contributed by atoms with Gasteiger partial charge in [-0.05, 0) is 30.2 Å². The van der Waals surface area contributed by atoms with Crippen LogP contribution in [0.3, 0.4) is 0 Å². The van der Waals surface area contributed by atoms with Crippen LogP contribution in [0, 0.1) is 11.8 Å². The highest BCUT2D eigenvalue weighted by molar-refractivity contribution is 5.87. The highest BCUT2D eigenvalue weighted by Gasteiger charge is 2.32. The van der Waals surface area contributed by atoms with E-state index in [1.165, 1.54) is 6.92 Å². The van der Waals surface area contributed by atoms with Crippen molar-refractivity contribution in [3.8, 4) is 0 Å². The Morgan fingerprint density at radius 1 is 1.17 bits per heavy atom. The lowest BCUT2D eigenvalue weighted by molar-refractivity contribution is -0.139. The van der Waals surface area contributed by atoms with Gasteiger partial charge in [0.15, 0.2) is 0 Å². The van der Waals surface area contributed by atoms with Gasteiger partial charge in [-0.15, -0.1) is 0 Å². The van der Waals surface area contributed by atoms with Gasteiger partial charge < -0.3 is 15.3 Å². The summed E-state index contributed by atoms with van der Waals surface area (Å²) in [4.78, 5) is 25.8. The van der Waals surface area contributed by atoms with E-state index in [0.717, 1.165) is 18.4 Å². The molecule has 2 amide bonds. The monoisotopic (exact) mass is 332 g/mol. The molecule has 1 aromatic rings. The van der Waals surface area contributed by atoms with Gasteiger partial charge in [0.2, 0.25) is 11.8 Å². The maximum atomic E-state index is 12.7. The molecule has 2 rings (SSSR count). The van der Waals surface area contributed by atoms with Crippen molar-refractivity contribution >= 4 is 11.8 Å². The number of benzene rings is 1. The van der Waals surface area contributed by atoms with Crippen molar-refractivity contribution < 1.29 is 14.7 Å². The quantitative estimate of drug-likeness (QED) is 0.868. The molecule has 1 aliphatic heterocycles. The molecule has 0 radical (unpaired) electrons. The van der Waals surface area contributed by atoms with Crippen LogP contribution in [-0.2, 0) is 9.59 Å². The number of likely N-dealkylation sites (tertiary alicyclic amines) is 1. The van der Waals surface area contributed by atoms with E-state index in [1.807, 2.05) is 49.1 Å². The van der Waals surface area contributed by atoms with Crippen LogP contribution < -0.4 is 5.32 Å². The van der Waals surface area contributed by atoms with Gasteiger partial charge >= 0.3 is 0 Å². The smallest absolute Gasteiger partial charge is 0.245 e.